The van der Waals surface area contributed by atoms with Crippen LogP contribution in [-0.4, -0.2) is 35.8 Å². The lowest BCUT2D eigenvalue weighted by atomic mass is 9.97. The predicted octanol–water partition coefficient (Wildman–Crippen LogP) is 5.72. The SMILES string of the molecule is CCOc1ccc([C@@H]2C(C(=O)OC)=CN=c3s/c(=C\c4cc(Cl)c(OCc5ccc([N+](=O)[O-])cc5)c(Br)c4)c(=O)n32)cc1OCC. The molecule has 3 aromatic carbocycles. The zero-order valence-corrected chi connectivity index (χ0v) is 28.0. The lowest BCUT2D eigenvalue weighted by Gasteiger charge is -2.23. The van der Waals surface area contributed by atoms with E-state index in [2.05, 4.69) is 20.9 Å². The average Bonchev–Trinajstić information content (AvgIpc) is 3.35. The normalized spacial score (nSPS) is 14.2. The van der Waals surface area contributed by atoms with Gasteiger partial charge in [-0.1, -0.05) is 29.0 Å². The Kier molecular flexibility index (Phi) is 10.2. The van der Waals surface area contributed by atoms with Crippen LogP contribution in [0.25, 0.3) is 6.08 Å². The Bertz CT molecular complexity index is 2000. The Morgan fingerprint density at radius 1 is 1.09 bits per heavy atom. The van der Waals surface area contributed by atoms with E-state index in [9.17, 15) is 19.7 Å². The first-order valence-electron chi connectivity index (χ1n) is 14.0. The first-order valence-corrected chi connectivity index (χ1v) is 16.0. The van der Waals surface area contributed by atoms with E-state index in [0.29, 0.717) is 60.4 Å². The summed E-state index contributed by atoms with van der Waals surface area (Å²) in [5.74, 6) is 0.796. The van der Waals surface area contributed by atoms with Crippen LogP contribution < -0.4 is 29.1 Å². The van der Waals surface area contributed by atoms with Crippen molar-refractivity contribution < 1.29 is 28.7 Å². The van der Waals surface area contributed by atoms with Gasteiger partial charge in [0.05, 0.1) is 50.9 Å². The summed E-state index contributed by atoms with van der Waals surface area (Å²) in [7, 11) is 1.27. The number of carbonyl (C=O) groups excluding carboxylic acids is 1. The highest BCUT2D eigenvalue weighted by Gasteiger charge is 2.31. The summed E-state index contributed by atoms with van der Waals surface area (Å²) in [5.41, 5.74) is 1.77. The van der Waals surface area contributed by atoms with Crippen molar-refractivity contribution >= 4 is 56.6 Å². The maximum atomic E-state index is 13.9. The van der Waals surface area contributed by atoms with Crippen molar-refractivity contribution in [1.82, 2.24) is 4.57 Å². The summed E-state index contributed by atoms with van der Waals surface area (Å²) in [6, 6.07) is 13.9. The fourth-order valence-electron chi connectivity index (χ4n) is 4.81. The molecule has 1 aromatic heterocycles. The quantitative estimate of drug-likeness (QED) is 0.109. The molecule has 0 fully saturated rings. The molecule has 0 aliphatic carbocycles. The van der Waals surface area contributed by atoms with E-state index in [0.717, 1.165) is 5.56 Å². The first kappa shape index (κ1) is 32.9. The van der Waals surface area contributed by atoms with E-state index in [-0.39, 0.29) is 23.4 Å². The molecule has 1 aliphatic heterocycles. The lowest BCUT2D eigenvalue weighted by molar-refractivity contribution is -0.384. The number of aromatic nitrogens is 1. The number of halogens is 2. The number of nitro benzene ring substituents is 1. The number of nitro groups is 1. The molecule has 0 radical (unpaired) electrons. The number of ether oxygens (including phenoxy) is 4. The topological polar surface area (TPSA) is 131 Å². The smallest absolute Gasteiger partial charge is 0.337 e. The second kappa shape index (κ2) is 14.3. The minimum Gasteiger partial charge on any atom is -0.490 e. The second-order valence-corrected chi connectivity index (χ2v) is 12.0. The molecule has 0 amide bonds. The maximum Gasteiger partial charge on any atom is 0.337 e. The van der Waals surface area contributed by atoms with Crippen molar-refractivity contribution in [3.8, 4) is 17.2 Å². The molecule has 46 heavy (non-hydrogen) atoms. The third-order valence-electron chi connectivity index (χ3n) is 6.86. The van der Waals surface area contributed by atoms with Crippen molar-refractivity contribution in [1.29, 1.82) is 0 Å². The molecule has 5 rings (SSSR count). The summed E-state index contributed by atoms with van der Waals surface area (Å²) < 4.78 is 24.8. The van der Waals surface area contributed by atoms with Crippen LogP contribution in [0.1, 0.15) is 36.6 Å². The highest BCUT2D eigenvalue weighted by Crippen LogP contribution is 2.36. The number of rotatable bonds is 11. The number of thiazole rings is 1. The third kappa shape index (κ3) is 6.86. The van der Waals surface area contributed by atoms with E-state index < -0.39 is 16.9 Å². The number of hydrogen-bond donors (Lipinski definition) is 0. The van der Waals surface area contributed by atoms with E-state index in [1.807, 2.05) is 13.8 Å². The van der Waals surface area contributed by atoms with E-state index in [1.54, 1.807) is 48.5 Å². The Morgan fingerprint density at radius 2 is 1.80 bits per heavy atom. The van der Waals surface area contributed by atoms with Gasteiger partial charge in [0.25, 0.3) is 11.2 Å². The molecular formula is C32H27BrClN3O8S. The number of carbonyl (C=O) groups is 1. The van der Waals surface area contributed by atoms with Gasteiger partial charge in [0.2, 0.25) is 0 Å². The fraction of sp³-hybridized carbons (Fsp3) is 0.219. The van der Waals surface area contributed by atoms with Crippen LogP contribution in [0, 0.1) is 10.1 Å². The molecule has 1 aliphatic rings. The largest absolute Gasteiger partial charge is 0.490 e. The van der Waals surface area contributed by atoms with Crippen LogP contribution in [0.15, 0.2) is 80.6 Å². The van der Waals surface area contributed by atoms with E-state index in [4.69, 9.17) is 30.5 Å². The van der Waals surface area contributed by atoms with Crippen molar-refractivity contribution in [3.63, 3.8) is 0 Å². The van der Waals surface area contributed by atoms with Crippen LogP contribution in [0.3, 0.4) is 0 Å². The monoisotopic (exact) mass is 727 g/mol. The zero-order valence-electron chi connectivity index (χ0n) is 24.8. The molecule has 14 heteroatoms. The van der Waals surface area contributed by atoms with Crippen molar-refractivity contribution in [3.05, 3.63) is 122 Å². The number of hydrogen-bond acceptors (Lipinski definition) is 10. The zero-order chi connectivity index (χ0) is 33.0. The predicted molar refractivity (Wildman–Crippen MR) is 177 cm³/mol. The number of esters is 1. The van der Waals surface area contributed by atoms with Crippen LogP contribution in [0.2, 0.25) is 5.02 Å². The fourth-order valence-corrected chi connectivity index (χ4v) is 6.77. The van der Waals surface area contributed by atoms with E-state index >= 15 is 0 Å². The van der Waals surface area contributed by atoms with Crippen LogP contribution in [0.4, 0.5) is 5.69 Å². The van der Waals surface area contributed by atoms with E-state index in [1.165, 1.54) is 41.3 Å². The molecule has 11 nitrogen and oxygen atoms in total. The van der Waals surface area contributed by atoms with Crippen LogP contribution >= 0.6 is 38.9 Å². The minimum absolute atomic E-state index is 0.0137. The van der Waals surface area contributed by atoms with Gasteiger partial charge in [0.15, 0.2) is 22.0 Å². The van der Waals surface area contributed by atoms with Crippen molar-refractivity contribution in [2.24, 2.45) is 4.99 Å². The molecular weight excluding hydrogens is 702 g/mol. The molecule has 0 spiro atoms. The van der Waals surface area contributed by atoms with Gasteiger partial charge in [0.1, 0.15) is 6.61 Å². The molecule has 1 atom stereocenters. The number of fused-ring (bicyclic) bond motifs is 1. The minimum atomic E-state index is -0.828. The molecule has 0 saturated carbocycles. The summed E-state index contributed by atoms with van der Waals surface area (Å²) in [4.78, 5) is 42.1. The molecule has 2 heterocycles. The van der Waals surface area contributed by atoms with Gasteiger partial charge in [-0.2, -0.15) is 0 Å². The average molecular weight is 729 g/mol. The second-order valence-electron chi connectivity index (χ2n) is 9.77. The Balaban J connectivity index is 1.51. The molecule has 0 unspecified atom stereocenters. The number of methoxy groups -OCH3 is 1. The maximum absolute atomic E-state index is 13.9. The number of nitrogens with zero attached hydrogens (tertiary/aromatic N) is 3. The number of benzene rings is 3. The molecule has 238 valence electrons. The van der Waals surface area contributed by atoms with Gasteiger partial charge < -0.3 is 18.9 Å². The van der Waals surface area contributed by atoms with Gasteiger partial charge in [-0.15, -0.1) is 0 Å². The van der Waals surface area contributed by atoms with Gasteiger partial charge in [-0.05, 0) is 88.9 Å². The first-order chi connectivity index (χ1) is 22.1. The van der Waals surface area contributed by atoms with Crippen LogP contribution in [0.5, 0.6) is 17.2 Å². The summed E-state index contributed by atoms with van der Waals surface area (Å²) in [5, 5.41) is 11.2. The van der Waals surface area contributed by atoms with Crippen LogP contribution in [-0.2, 0) is 16.1 Å². The third-order valence-corrected chi connectivity index (χ3v) is 8.72. The molecule has 4 aromatic rings. The van der Waals surface area contributed by atoms with Gasteiger partial charge >= 0.3 is 5.97 Å². The van der Waals surface area contributed by atoms with Gasteiger partial charge in [0, 0.05) is 18.3 Å². The highest BCUT2D eigenvalue weighted by molar-refractivity contribution is 9.10. The molecule has 0 N–H and O–H groups in total. The standard InChI is InChI=1S/C32H27BrClN3O8S/c1-4-43-25-11-8-20(15-26(25)44-5-2)28-22(31(39)42-3)16-35-32-36(28)30(38)27(46-32)14-19-12-23(33)29(24(34)13-19)45-17-18-6-9-21(10-7-18)37(40)41/h6-16,28H,4-5,17H2,1-3H3/b27-14-/t28-/m1/s1. The van der Waals surface area contributed by atoms with Gasteiger partial charge in [-0.3, -0.25) is 19.5 Å². The Labute approximate surface area is 280 Å². The lowest BCUT2D eigenvalue weighted by Crippen LogP contribution is -2.39. The summed E-state index contributed by atoms with van der Waals surface area (Å²) in [6.07, 6.45) is 3.11. The Morgan fingerprint density at radius 3 is 2.46 bits per heavy atom. The number of non-ortho nitro benzene ring substituents is 1. The van der Waals surface area contributed by atoms with Crippen molar-refractivity contribution in [2.75, 3.05) is 20.3 Å². The van der Waals surface area contributed by atoms with Gasteiger partial charge in [-0.25, -0.2) is 9.79 Å². The van der Waals surface area contributed by atoms with Crippen molar-refractivity contribution in [2.45, 2.75) is 26.5 Å². The highest BCUT2D eigenvalue weighted by atomic mass is 79.9. The Hall–Kier alpha value is -4.46. The molecule has 0 bridgehead atoms. The summed E-state index contributed by atoms with van der Waals surface area (Å²) in [6.45, 7) is 4.69. The summed E-state index contributed by atoms with van der Waals surface area (Å²) >= 11 is 11.2. The molecule has 0 saturated heterocycles.